The Labute approximate surface area is 170 Å². The Kier molecular flexibility index (Phi) is 5.40. The average molecular weight is 391 g/mol. The third-order valence-corrected chi connectivity index (χ3v) is 5.24. The Morgan fingerprint density at radius 2 is 2.10 bits per heavy atom. The fourth-order valence-electron chi connectivity index (χ4n) is 3.78. The van der Waals surface area contributed by atoms with E-state index in [0.29, 0.717) is 36.7 Å². The highest BCUT2D eigenvalue weighted by Crippen LogP contribution is 2.33. The molecule has 1 fully saturated rings. The van der Waals surface area contributed by atoms with Gasteiger partial charge in [-0.1, -0.05) is 29.8 Å². The summed E-state index contributed by atoms with van der Waals surface area (Å²) in [6.45, 7) is 6.78. The Hall–Kier alpha value is -3.06. The molecule has 0 bridgehead atoms. The van der Waals surface area contributed by atoms with Crippen LogP contribution in [-0.2, 0) is 11.3 Å². The normalized spacial score (nSPS) is 18.9. The van der Waals surface area contributed by atoms with E-state index >= 15 is 0 Å². The van der Waals surface area contributed by atoms with Crippen LogP contribution < -0.4 is 0 Å². The third-order valence-electron chi connectivity index (χ3n) is 5.24. The van der Waals surface area contributed by atoms with Gasteiger partial charge in [0.25, 0.3) is 5.91 Å². The Morgan fingerprint density at radius 1 is 1.24 bits per heavy atom. The molecule has 0 spiro atoms. The highest BCUT2D eigenvalue weighted by molar-refractivity contribution is 5.95. The van der Waals surface area contributed by atoms with Gasteiger partial charge in [0.05, 0.1) is 24.3 Å². The molecular formula is C22H25N5O2. The maximum absolute atomic E-state index is 13.3. The lowest BCUT2D eigenvalue weighted by Gasteiger charge is -2.23. The first-order chi connectivity index (χ1) is 14.0. The number of carbonyl (C=O) groups excluding carboxylic acids is 1. The second-order valence-corrected chi connectivity index (χ2v) is 7.55. The van der Waals surface area contributed by atoms with Crippen molar-refractivity contribution in [2.45, 2.75) is 45.9 Å². The van der Waals surface area contributed by atoms with Crippen LogP contribution >= 0.6 is 0 Å². The summed E-state index contributed by atoms with van der Waals surface area (Å²) < 4.78 is 6.17. The molecular weight excluding hydrogens is 366 g/mol. The van der Waals surface area contributed by atoms with Crippen LogP contribution in [0.15, 0.2) is 42.6 Å². The van der Waals surface area contributed by atoms with Gasteiger partial charge in [0.1, 0.15) is 5.82 Å². The number of nitrogens with zero attached hydrogens (tertiary/aromatic N) is 4. The van der Waals surface area contributed by atoms with Crippen LogP contribution in [0, 0.1) is 20.8 Å². The van der Waals surface area contributed by atoms with E-state index in [2.05, 4.69) is 45.3 Å². The van der Waals surface area contributed by atoms with Gasteiger partial charge >= 0.3 is 0 Å². The number of pyridine rings is 1. The zero-order valence-electron chi connectivity index (χ0n) is 16.9. The number of ether oxygens (including phenoxy) is 1. The molecule has 2 atom stereocenters. The standard InChI is InChI=1S/C22H25N5O2/c1-14-6-4-7-17(10-14)13-29-18-11-20(21-24-16(3)25-26-21)27(12-18)22(28)19-8-5-9-23-15(19)2/h4-10,18,20H,11-13H2,1-3H3,(H,24,25,26)/t18-,20-/m0/s1. The van der Waals surface area contributed by atoms with Crippen LogP contribution in [-0.4, -0.2) is 43.6 Å². The lowest BCUT2D eigenvalue weighted by Crippen LogP contribution is -2.33. The minimum Gasteiger partial charge on any atom is -0.372 e. The van der Waals surface area contributed by atoms with Crippen molar-refractivity contribution in [3.63, 3.8) is 0 Å². The van der Waals surface area contributed by atoms with E-state index < -0.39 is 0 Å². The molecule has 1 amide bonds. The van der Waals surface area contributed by atoms with Gasteiger partial charge in [-0.05, 0) is 38.5 Å². The fraction of sp³-hybridized carbons (Fsp3) is 0.364. The predicted molar refractivity (Wildman–Crippen MR) is 108 cm³/mol. The second kappa shape index (κ2) is 8.13. The molecule has 0 aliphatic carbocycles. The van der Waals surface area contributed by atoms with Crippen LogP contribution in [0.25, 0.3) is 0 Å². The minimum atomic E-state index is -0.227. The molecule has 1 N–H and O–H groups in total. The molecule has 1 aliphatic rings. The summed E-state index contributed by atoms with van der Waals surface area (Å²) in [4.78, 5) is 23.8. The molecule has 29 heavy (non-hydrogen) atoms. The molecule has 1 aromatic carbocycles. The van der Waals surface area contributed by atoms with Crippen LogP contribution in [0.5, 0.6) is 0 Å². The fourth-order valence-corrected chi connectivity index (χ4v) is 3.78. The third kappa shape index (κ3) is 4.19. The number of benzene rings is 1. The zero-order chi connectivity index (χ0) is 20.4. The van der Waals surface area contributed by atoms with Crippen molar-refractivity contribution in [2.24, 2.45) is 0 Å². The Bertz CT molecular complexity index is 1020. The molecule has 7 nitrogen and oxygen atoms in total. The number of H-pyrrole nitrogens is 1. The molecule has 7 heteroatoms. The highest BCUT2D eigenvalue weighted by Gasteiger charge is 2.39. The van der Waals surface area contributed by atoms with Crippen LogP contribution in [0.2, 0.25) is 0 Å². The monoisotopic (exact) mass is 391 g/mol. The van der Waals surface area contributed by atoms with E-state index in [1.165, 1.54) is 5.56 Å². The van der Waals surface area contributed by atoms with Crippen LogP contribution in [0.3, 0.4) is 0 Å². The summed E-state index contributed by atoms with van der Waals surface area (Å²) in [6, 6.07) is 11.6. The number of hydrogen-bond acceptors (Lipinski definition) is 5. The molecule has 0 unspecified atom stereocenters. The first-order valence-electron chi connectivity index (χ1n) is 9.80. The van der Waals surface area contributed by atoms with Gasteiger partial charge in [-0.15, -0.1) is 0 Å². The summed E-state index contributed by atoms with van der Waals surface area (Å²) in [5, 5.41) is 7.19. The van der Waals surface area contributed by atoms with Crippen LogP contribution in [0.1, 0.15) is 51.3 Å². The number of nitrogens with one attached hydrogen (secondary N) is 1. The summed E-state index contributed by atoms with van der Waals surface area (Å²) in [6.07, 6.45) is 2.27. The maximum atomic E-state index is 13.3. The SMILES string of the molecule is Cc1cccc(CO[C@H]2C[C@@H](c3n[nH]c(C)n3)N(C(=O)c3cccnc3C)C2)c1. The summed E-state index contributed by atoms with van der Waals surface area (Å²) in [5.41, 5.74) is 3.65. The number of rotatable bonds is 5. The lowest BCUT2D eigenvalue weighted by molar-refractivity contribution is 0.0437. The van der Waals surface area contributed by atoms with E-state index in [9.17, 15) is 4.79 Å². The quantitative estimate of drug-likeness (QED) is 0.721. The van der Waals surface area contributed by atoms with Crippen molar-refractivity contribution >= 4 is 5.91 Å². The molecule has 1 aliphatic heterocycles. The van der Waals surface area contributed by atoms with E-state index in [4.69, 9.17) is 4.74 Å². The number of amides is 1. The van der Waals surface area contributed by atoms with Crippen molar-refractivity contribution < 1.29 is 9.53 Å². The zero-order valence-corrected chi connectivity index (χ0v) is 16.9. The predicted octanol–water partition coefficient (Wildman–Crippen LogP) is 3.30. The molecule has 2 aromatic heterocycles. The van der Waals surface area contributed by atoms with Crippen molar-refractivity contribution in [1.82, 2.24) is 25.1 Å². The lowest BCUT2D eigenvalue weighted by atomic mass is 10.1. The molecule has 3 aromatic rings. The Balaban J connectivity index is 1.54. The summed E-state index contributed by atoms with van der Waals surface area (Å²) >= 11 is 0. The smallest absolute Gasteiger partial charge is 0.256 e. The van der Waals surface area contributed by atoms with Gasteiger partial charge in [0, 0.05) is 24.9 Å². The van der Waals surface area contributed by atoms with Gasteiger partial charge in [0.2, 0.25) is 0 Å². The Morgan fingerprint density at radius 3 is 2.83 bits per heavy atom. The van der Waals surface area contributed by atoms with E-state index in [1.54, 1.807) is 12.3 Å². The molecule has 3 heterocycles. The van der Waals surface area contributed by atoms with Crippen molar-refractivity contribution in [3.8, 4) is 0 Å². The molecule has 4 rings (SSSR count). The minimum absolute atomic E-state index is 0.0651. The summed E-state index contributed by atoms with van der Waals surface area (Å²) in [7, 11) is 0. The second-order valence-electron chi connectivity index (χ2n) is 7.55. The van der Waals surface area contributed by atoms with Gasteiger partial charge in [-0.25, -0.2) is 4.98 Å². The van der Waals surface area contributed by atoms with Gasteiger partial charge in [0.15, 0.2) is 5.82 Å². The molecule has 0 radical (unpaired) electrons. The number of aromatic nitrogens is 4. The van der Waals surface area contributed by atoms with Crippen LogP contribution in [0.4, 0.5) is 0 Å². The van der Waals surface area contributed by atoms with Gasteiger partial charge in [-0.2, -0.15) is 5.10 Å². The largest absolute Gasteiger partial charge is 0.372 e. The van der Waals surface area contributed by atoms with E-state index in [-0.39, 0.29) is 18.1 Å². The number of likely N-dealkylation sites (tertiary alicyclic amines) is 1. The number of hydrogen-bond donors (Lipinski definition) is 1. The first-order valence-corrected chi connectivity index (χ1v) is 9.80. The topological polar surface area (TPSA) is 84.0 Å². The van der Waals surface area contributed by atoms with E-state index in [0.717, 1.165) is 11.4 Å². The van der Waals surface area contributed by atoms with E-state index in [1.807, 2.05) is 30.9 Å². The first kappa shape index (κ1) is 19.3. The molecule has 0 saturated carbocycles. The molecule has 1 saturated heterocycles. The number of aryl methyl sites for hydroxylation is 3. The van der Waals surface area contributed by atoms with Crippen molar-refractivity contribution in [1.29, 1.82) is 0 Å². The van der Waals surface area contributed by atoms with Crippen molar-refractivity contribution in [2.75, 3.05) is 6.54 Å². The maximum Gasteiger partial charge on any atom is 0.256 e. The van der Waals surface area contributed by atoms with Crippen molar-refractivity contribution in [3.05, 3.63) is 76.6 Å². The number of aromatic amines is 1. The highest BCUT2D eigenvalue weighted by atomic mass is 16.5. The average Bonchev–Trinajstić information content (AvgIpc) is 3.32. The van der Waals surface area contributed by atoms with Gasteiger partial charge < -0.3 is 9.64 Å². The number of carbonyl (C=O) groups is 1. The summed E-state index contributed by atoms with van der Waals surface area (Å²) in [5.74, 6) is 1.29. The van der Waals surface area contributed by atoms with Gasteiger partial charge in [-0.3, -0.25) is 14.9 Å². The molecule has 150 valence electrons.